The van der Waals surface area contributed by atoms with Gasteiger partial charge in [-0.15, -0.1) is 0 Å². The maximum atomic E-state index is 9.88. The molecule has 0 radical (unpaired) electrons. The molecule has 6 heteroatoms. The van der Waals surface area contributed by atoms with Gasteiger partial charge < -0.3 is 10.6 Å². The van der Waals surface area contributed by atoms with Crippen molar-refractivity contribution in [2.24, 2.45) is 5.92 Å². The second-order valence-corrected chi connectivity index (χ2v) is 8.45. The minimum absolute atomic E-state index is 0.554. The summed E-state index contributed by atoms with van der Waals surface area (Å²) in [6.45, 7) is 2.84. The monoisotopic (exact) mass is 403 g/mol. The van der Waals surface area contributed by atoms with Gasteiger partial charge in [0.1, 0.15) is 11.6 Å². The molecular formula is C23H25N5S. The summed E-state index contributed by atoms with van der Waals surface area (Å²) in [6, 6.07) is 12.5. The summed E-state index contributed by atoms with van der Waals surface area (Å²) >= 11 is 1.53. The Morgan fingerprint density at radius 2 is 2.03 bits per heavy atom. The van der Waals surface area contributed by atoms with Gasteiger partial charge in [0.05, 0.1) is 16.4 Å². The Bertz CT molecular complexity index is 969. The summed E-state index contributed by atoms with van der Waals surface area (Å²) in [5, 5.41) is 19.5. The molecule has 0 spiro atoms. The Balaban J connectivity index is 1.53. The van der Waals surface area contributed by atoms with Crippen LogP contribution in [0.25, 0.3) is 11.3 Å². The number of benzene rings is 1. The lowest BCUT2D eigenvalue weighted by molar-refractivity contribution is 0.373. The fraction of sp³-hybridized carbons (Fsp3) is 0.348. The standard InChI is InChI=1S/C23H25N5S/c1-16-13-25-23(26-14-17-8-4-2-5-9-17)28-21(16)19(12-24)22-27-20(15-29-22)18-10-6-3-7-11-18/h3,6-7,10-11,13,15,17,27H,2,4-5,8-9,14H2,1H3,(H,25,26,28)/b22-19-. The van der Waals surface area contributed by atoms with Gasteiger partial charge in [0.2, 0.25) is 5.95 Å². The van der Waals surface area contributed by atoms with Crippen molar-refractivity contribution in [3.8, 4) is 6.07 Å². The van der Waals surface area contributed by atoms with E-state index in [2.05, 4.69) is 33.8 Å². The fourth-order valence-corrected chi connectivity index (χ4v) is 4.66. The van der Waals surface area contributed by atoms with Gasteiger partial charge in [-0.25, -0.2) is 9.97 Å². The average Bonchev–Trinajstić information content (AvgIpc) is 3.26. The molecule has 2 heterocycles. The highest BCUT2D eigenvalue weighted by Gasteiger charge is 2.20. The average molecular weight is 404 g/mol. The molecule has 0 amide bonds. The molecule has 2 N–H and O–H groups in total. The third-order valence-electron chi connectivity index (χ3n) is 5.45. The number of aryl methyl sites for hydroxylation is 1. The lowest BCUT2D eigenvalue weighted by atomic mass is 9.89. The van der Waals surface area contributed by atoms with Crippen LogP contribution in [0.2, 0.25) is 0 Å². The number of anilines is 1. The fourth-order valence-electron chi connectivity index (χ4n) is 3.80. The molecular weight excluding hydrogens is 378 g/mol. The van der Waals surface area contributed by atoms with Crippen LogP contribution in [0.1, 0.15) is 48.9 Å². The number of hydrogen-bond acceptors (Lipinski definition) is 6. The molecule has 0 unspecified atom stereocenters. The van der Waals surface area contributed by atoms with Gasteiger partial charge in [-0.3, -0.25) is 0 Å². The predicted molar refractivity (Wildman–Crippen MR) is 120 cm³/mol. The van der Waals surface area contributed by atoms with Gasteiger partial charge in [0, 0.05) is 18.1 Å². The molecule has 1 aromatic carbocycles. The number of thioether (sulfide) groups is 1. The zero-order valence-electron chi connectivity index (χ0n) is 16.6. The molecule has 148 valence electrons. The Labute approximate surface area is 176 Å². The molecule has 1 aromatic heterocycles. The molecule has 0 atom stereocenters. The second-order valence-electron chi connectivity index (χ2n) is 7.57. The molecule has 2 aromatic rings. The van der Waals surface area contributed by atoms with E-state index >= 15 is 0 Å². The SMILES string of the molecule is Cc1cnc(NCC2CCCCC2)nc1/C(C#N)=C1/NC(c2ccccc2)=CS1. The normalized spacial score (nSPS) is 18.6. The van der Waals surface area contributed by atoms with Gasteiger partial charge in [-0.1, -0.05) is 61.4 Å². The van der Waals surface area contributed by atoms with Crippen molar-refractivity contribution in [3.05, 3.63) is 63.8 Å². The molecule has 1 aliphatic carbocycles. The van der Waals surface area contributed by atoms with Crippen LogP contribution in [0.5, 0.6) is 0 Å². The van der Waals surface area contributed by atoms with Crippen molar-refractivity contribution in [1.29, 1.82) is 5.26 Å². The van der Waals surface area contributed by atoms with E-state index in [0.29, 0.717) is 23.1 Å². The van der Waals surface area contributed by atoms with Gasteiger partial charge in [-0.05, 0) is 36.8 Å². The minimum Gasteiger partial charge on any atom is -0.354 e. The van der Waals surface area contributed by atoms with Crippen molar-refractivity contribution in [1.82, 2.24) is 15.3 Å². The predicted octanol–water partition coefficient (Wildman–Crippen LogP) is 5.30. The Kier molecular flexibility index (Phi) is 6.16. The molecule has 0 bridgehead atoms. The summed E-state index contributed by atoms with van der Waals surface area (Å²) in [6.07, 6.45) is 8.33. The van der Waals surface area contributed by atoms with Crippen LogP contribution in [0, 0.1) is 24.2 Å². The largest absolute Gasteiger partial charge is 0.354 e. The molecule has 1 saturated carbocycles. The zero-order valence-corrected chi connectivity index (χ0v) is 17.4. The van der Waals surface area contributed by atoms with E-state index in [-0.39, 0.29) is 0 Å². The number of allylic oxidation sites excluding steroid dienone is 1. The van der Waals surface area contributed by atoms with Crippen molar-refractivity contribution in [2.45, 2.75) is 39.0 Å². The van der Waals surface area contributed by atoms with Crippen LogP contribution in [-0.2, 0) is 0 Å². The highest BCUT2D eigenvalue weighted by molar-refractivity contribution is 8.06. The molecule has 4 rings (SSSR count). The van der Waals surface area contributed by atoms with Gasteiger partial charge in [-0.2, -0.15) is 5.26 Å². The number of nitrogens with zero attached hydrogens (tertiary/aromatic N) is 3. The van der Waals surface area contributed by atoms with Crippen LogP contribution >= 0.6 is 11.8 Å². The van der Waals surface area contributed by atoms with Crippen molar-refractivity contribution >= 4 is 29.0 Å². The summed E-state index contributed by atoms with van der Waals surface area (Å²) in [4.78, 5) is 9.13. The van der Waals surface area contributed by atoms with Gasteiger partial charge in [0.25, 0.3) is 0 Å². The lowest BCUT2D eigenvalue weighted by Crippen LogP contribution is -2.18. The topological polar surface area (TPSA) is 73.6 Å². The first-order valence-corrected chi connectivity index (χ1v) is 11.0. The third-order valence-corrected chi connectivity index (χ3v) is 6.34. The number of nitriles is 1. The molecule has 29 heavy (non-hydrogen) atoms. The Morgan fingerprint density at radius 1 is 1.24 bits per heavy atom. The maximum absolute atomic E-state index is 9.88. The first-order valence-electron chi connectivity index (χ1n) is 10.2. The highest BCUT2D eigenvalue weighted by Crippen LogP contribution is 2.35. The zero-order chi connectivity index (χ0) is 20.1. The molecule has 1 aliphatic heterocycles. The summed E-state index contributed by atoms with van der Waals surface area (Å²) < 4.78 is 0. The highest BCUT2D eigenvalue weighted by atomic mass is 32.2. The summed E-state index contributed by atoms with van der Waals surface area (Å²) in [7, 11) is 0. The number of rotatable bonds is 5. The number of aromatic nitrogens is 2. The maximum Gasteiger partial charge on any atom is 0.223 e. The first-order chi connectivity index (χ1) is 14.2. The second kappa shape index (κ2) is 9.15. The van der Waals surface area contributed by atoms with E-state index < -0.39 is 0 Å². The van der Waals surface area contributed by atoms with Crippen molar-refractivity contribution < 1.29 is 0 Å². The number of hydrogen-bond donors (Lipinski definition) is 2. The summed E-state index contributed by atoms with van der Waals surface area (Å²) in [5.41, 5.74) is 4.24. The van der Waals surface area contributed by atoms with Crippen LogP contribution in [0.3, 0.4) is 0 Å². The lowest BCUT2D eigenvalue weighted by Gasteiger charge is -2.21. The van der Waals surface area contributed by atoms with E-state index in [9.17, 15) is 5.26 Å². The smallest absolute Gasteiger partial charge is 0.223 e. The third kappa shape index (κ3) is 4.63. The quantitative estimate of drug-likeness (QED) is 0.660. The van der Waals surface area contributed by atoms with Gasteiger partial charge >= 0.3 is 0 Å². The van der Waals surface area contributed by atoms with Crippen LogP contribution in [0.4, 0.5) is 5.95 Å². The molecule has 0 saturated heterocycles. The molecule has 5 nitrogen and oxygen atoms in total. The molecule has 1 fully saturated rings. The first kappa shape index (κ1) is 19.5. The van der Waals surface area contributed by atoms with Gasteiger partial charge in [0.15, 0.2) is 0 Å². The Hall–Kier alpha value is -2.78. The van der Waals surface area contributed by atoms with E-state index in [1.807, 2.05) is 30.5 Å². The van der Waals surface area contributed by atoms with Crippen LogP contribution < -0.4 is 10.6 Å². The van der Waals surface area contributed by atoms with Crippen molar-refractivity contribution in [2.75, 3.05) is 11.9 Å². The Morgan fingerprint density at radius 3 is 2.79 bits per heavy atom. The minimum atomic E-state index is 0.554. The van der Waals surface area contributed by atoms with E-state index in [1.165, 1.54) is 43.9 Å². The van der Waals surface area contributed by atoms with Crippen molar-refractivity contribution in [3.63, 3.8) is 0 Å². The molecule has 2 aliphatic rings. The number of nitrogens with one attached hydrogen (secondary N) is 2. The van der Waals surface area contributed by atoms with E-state index in [4.69, 9.17) is 4.98 Å². The van der Waals surface area contributed by atoms with Crippen LogP contribution in [0.15, 0.2) is 47.0 Å². The van der Waals surface area contributed by atoms with E-state index in [1.54, 1.807) is 6.20 Å². The van der Waals surface area contributed by atoms with E-state index in [0.717, 1.165) is 28.4 Å². The van der Waals surface area contributed by atoms with Crippen LogP contribution in [-0.4, -0.2) is 16.5 Å². The summed E-state index contributed by atoms with van der Waals surface area (Å²) in [5.74, 6) is 1.29.